The average Bonchev–Trinajstić information content (AvgIpc) is 2.47. The van der Waals surface area contributed by atoms with E-state index < -0.39 is 5.97 Å². The maximum atomic E-state index is 10.8. The molecule has 0 aliphatic carbocycles. The van der Waals surface area contributed by atoms with E-state index in [4.69, 9.17) is 5.11 Å². The summed E-state index contributed by atoms with van der Waals surface area (Å²) in [7, 11) is 0. The van der Waals surface area contributed by atoms with E-state index in [1.165, 1.54) is 0 Å². The Labute approximate surface area is 88.4 Å². The van der Waals surface area contributed by atoms with Gasteiger partial charge in [-0.15, -0.1) is 12.4 Å². The van der Waals surface area contributed by atoms with Gasteiger partial charge >= 0.3 is 5.97 Å². The van der Waals surface area contributed by atoms with Crippen molar-refractivity contribution in [2.45, 2.75) is 26.3 Å². The molecule has 2 rings (SSSR count). The van der Waals surface area contributed by atoms with Gasteiger partial charge in [-0.05, 0) is 19.8 Å². The standard InChI is InChI=1S/C9H12N2O2.ClH/c1-6-10-4-8-3-2-7(9(12)13)5-11(6)8;/h4,7H,2-3,5H2,1H3,(H,12,13);1H. The van der Waals surface area contributed by atoms with Crippen LogP contribution in [0.3, 0.4) is 0 Å². The van der Waals surface area contributed by atoms with Crippen LogP contribution in [0.25, 0.3) is 0 Å². The number of aromatic nitrogens is 2. The Morgan fingerprint density at radius 1 is 1.71 bits per heavy atom. The first kappa shape index (κ1) is 11.0. The van der Waals surface area contributed by atoms with Crippen LogP contribution in [0.4, 0.5) is 0 Å². The van der Waals surface area contributed by atoms with Gasteiger partial charge in [0.1, 0.15) is 5.82 Å². The first-order valence-corrected chi connectivity index (χ1v) is 4.42. The summed E-state index contributed by atoms with van der Waals surface area (Å²) in [6, 6.07) is 0. The molecule has 0 bridgehead atoms. The summed E-state index contributed by atoms with van der Waals surface area (Å²) in [5, 5.41) is 8.86. The van der Waals surface area contributed by atoms with Gasteiger partial charge in [0.25, 0.3) is 0 Å². The molecule has 0 saturated carbocycles. The summed E-state index contributed by atoms with van der Waals surface area (Å²) >= 11 is 0. The maximum absolute atomic E-state index is 10.8. The van der Waals surface area contributed by atoms with Crippen molar-refractivity contribution in [1.82, 2.24) is 9.55 Å². The van der Waals surface area contributed by atoms with Gasteiger partial charge in [0.15, 0.2) is 0 Å². The van der Waals surface area contributed by atoms with Crippen molar-refractivity contribution in [3.05, 3.63) is 17.7 Å². The van der Waals surface area contributed by atoms with Gasteiger partial charge in [0, 0.05) is 18.4 Å². The number of hydrogen-bond acceptors (Lipinski definition) is 2. The number of hydrogen-bond donors (Lipinski definition) is 1. The molecule has 1 aromatic heterocycles. The van der Waals surface area contributed by atoms with Crippen LogP contribution in [0.1, 0.15) is 17.9 Å². The van der Waals surface area contributed by atoms with Crippen molar-refractivity contribution >= 4 is 18.4 Å². The molecule has 5 heteroatoms. The molecule has 0 spiro atoms. The van der Waals surface area contributed by atoms with Crippen molar-refractivity contribution in [3.63, 3.8) is 0 Å². The zero-order chi connectivity index (χ0) is 9.42. The summed E-state index contributed by atoms with van der Waals surface area (Å²) < 4.78 is 2.00. The Morgan fingerprint density at radius 2 is 2.43 bits per heavy atom. The molecule has 78 valence electrons. The molecular formula is C9H13ClN2O2. The molecule has 1 aliphatic heterocycles. The molecular weight excluding hydrogens is 204 g/mol. The lowest BCUT2D eigenvalue weighted by molar-refractivity contribution is -0.142. The van der Waals surface area contributed by atoms with Crippen LogP contribution in [0.5, 0.6) is 0 Å². The van der Waals surface area contributed by atoms with E-state index in [9.17, 15) is 4.79 Å². The van der Waals surface area contributed by atoms with Crippen molar-refractivity contribution in [2.24, 2.45) is 5.92 Å². The molecule has 1 unspecified atom stereocenters. The predicted molar refractivity (Wildman–Crippen MR) is 53.7 cm³/mol. The van der Waals surface area contributed by atoms with Crippen LogP contribution in [-0.2, 0) is 17.8 Å². The zero-order valence-electron chi connectivity index (χ0n) is 7.93. The fourth-order valence-electron chi connectivity index (χ4n) is 1.80. The molecule has 0 amide bonds. The minimum absolute atomic E-state index is 0. The van der Waals surface area contributed by atoms with E-state index in [1.807, 2.05) is 17.7 Å². The number of nitrogens with zero attached hydrogens (tertiary/aromatic N) is 2. The SMILES string of the molecule is Cc1ncc2n1CC(C(=O)O)CC2.Cl. The number of carbonyl (C=O) groups is 1. The van der Waals surface area contributed by atoms with Gasteiger partial charge in [0.05, 0.1) is 5.92 Å². The monoisotopic (exact) mass is 216 g/mol. The van der Waals surface area contributed by atoms with Gasteiger partial charge in [-0.1, -0.05) is 0 Å². The number of carboxylic acid groups (broad SMARTS) is 1. The zero-order valence-corrected chi connectivity index (χ0v) is 8.75. The second kappa shape index (κ2) is 4.00. The molecule has 0 saturated heterocycles. The lowest BCUT2D eigenvalue weighted by atomic mass is 9.98. The van der Waals surface area contributed by atoms with E-state index in [0.29, 0.717) is 6.54 Å². The first-order chi connectivity index (χ1) is 6.18. The fraction of sp³-hybridized carbons (Fsp3) is 0.556. The van der Waals surface area contributed by atoms with Crippen LogP contribution in [-0.4, -0.2) is 20.6 Å². The summed E-state index contributed by atoms with van der Waals surface area (Å²) in [5.41, 5.74) is 1.16. The Kier molecular flexibility index (Phi) is 3.16. The Hall–Kier alpha value is -1.03. The van der Waals surface area contributed by atoms with E-state index in [-0.39, 0.29) is 18.3 Å². The number of aliphatic carboxylic acids is 1. The lowest BCUT2D eigenvalue weighted by Crippen LogP contribution is -2.26. The highest BCUT2D eigenvalue weighted by atomic mass is 35.5. The molecule has 1 aliphatic rings. The van der Waals surface area contributed by atoms with E-state index in [1.54, 1.807) is 0 Å². The fourth-order valence-corrected chi connectivity index (χ4v) is 1.80. The normalized spacial score (nSPS) is 19.6. The predicted octanol–water partition coefficient (Wildman–Crippen LogP) is 1.26. The molecule has 2 heterocycles. The molecule has 0 radical (unpaired) electrons. The highest BCUT2D eigenvalue weighted by Gasteiger charge is 2.24. The van der Waals surface area contributed by atoms with E-state index >= 15 is 0 Å². The number of rotatable bonds is 1. The largest absolute Gasteiger partial charge is 0.481 e. The number of carboxylic acids is 1. The number of aryl methyl sites for hydroxylation is 2. The van der Waals surface area contributed by atoms with Crippen molar-refractivity contribution in [1.29, 1.82) is 0 Å². The first-order valence-electron chi connectivity index (χ1n) is 4.42. The Bertz CT molecular complexity index is 349. The van der Waals surface area contributed by atoms with Gasteiger partial charge in [-0.2, -0.15) is 0 Å². The minimum Gasteiger partial charge on any atom is -0.481 e. The summed E-state index contributed by atoms with van der Waals surface area (Å²) in [5.74, 6) is -0.0138. The van der Waals surface area contributed by atoms with Gasteiger partial charge < -0.3 is 9.67 Å². The molecule has 1 aromatic rings. The second-order valence-corrected chi connectivity index (χ2v) is 3.48. The summed E-state index contributed by atoms with van der Waals surface area (Å²) in [4.78, 5) is 14.9. The van der Waals surface area contributed by atoms with E-state index in [0.717, 1.165) is 24.4 Å². The lowest BCUT2D eigenvalue weighted by Gasteiger charge is -2.21. The minimum atomic E-state index is -0.696. The third kappa shape index (κ3) is 1.75. The average molecular weight is 217 g/mol. The number of fused-ring (bicyclic) bond motifs is 1. The number of halogens is 1. The van der Waals surface area contributed by atoms with Crippen molar-refractivity contribution < 1.29 is 9.90 Å². The Balaban J connectivity index is 0.000000980. The molecule has 1 N–H and O–H groups in total. The van der Waals surface area contributed by atoms with Crippen molar-refractivity contribution in [2.75, 3.05) is 0 Å². The molecule has 1 atom stereocenters. The second-order valence-electron chi connectivity index (χ2n) is 3.48. The molecule has 0 fully saturated rings. The van der Waals surface area contributed by atoms with Crippen LogP contribution >= 0.6 is 12.4 Å². The van der Waals surface area contributed by atoms with Crippen LogP contribution in [0.2, 0.25) is 0 Å². The summed E-state index contributed by atoms with van der Waals surface area (Å²) in [6.45, 7) is 2.49. The molecule has 0 aromatic carbocycles. The van der Waals surface area contributed by atoms with Crippen molar-refractivity contribution in [3.8, 4) is 0 Å². The van der Waals surface area contributed by atoms with Gasteiger partial charge in [-0.3, -0.25) is 4.79 Å². The third-order valence-electron chi connectivity index (χ3n) is 2.64. The summed E-state index contributed by atoms with van der Waals surface area (Å²) in [6.07, 6.45) is 3.41. The van der Waals surface area contributed by atoms with Crippen LogP contribution in [0.15, 0.2) is 6.20 Å². The maximum Gasteiger partial charge on any atom is 0.308 e. The highest BCUT2D eigenvalue weighted by Crippen LogP contribution is 2.21. The van der Waals surface area contributed by atoms with Crippen LogP contribution < -0.4 is 0 Å². The third-order valence-corrected chi connectivity index (χ3v) is 2.64. The number of imidazole rings is 1. The topological polar surface area (TPSA) is 55.1 Å². The van der Waals surface area contributed by atoms with E-state index in [2.05, 4.69) is 4.98 Å². The smallest absolute Gasteiger partial charge is 0.308 e. The van der Waals surface area contributed by atoms with Crippen LogP contribution in [0, 0.1) is 12.8 Å². The quantitative estimate of drug-likeness (QED) is 0.769. The molecule has 14 heavy (non-hydrogen) atoms. The van der Waals surface area contributed by atoms with Gasteiger partial charge in [0.2, 0.25) is 0 Å². The van der Waals surface area contributed by atoms with Gasteiger partial charge in [-0.25, -0.2) is 4.98 Å². The molecule has 4 nitrogen and oxygen atoms in total. The Morgan fingerprint density at radius 3 is 3.07 bits per heavy atom. The highest BCUT2D eigenvalue weighted by molar-refractivity contribution is 5.85.